The van der Waals surface area contributed by atoms with Crippen LogP contribution in [0.2, 0.25) is 0 Å². The SMILES string of the molecule is Cc1cnc(C(C)(C)NCc2ccc(C(=O)O)cc2)s1. The second-order valence-corrected chi connectivity index (χ2v) is 6.49. The highest BCUT2D eigenvalue weighted by atomic mass is 32.1. The Labute approximate surface area is 122 Å². The Morgan fingerprint density at radius 3 is 2.50 bits per heavy atom. The van der Waals surface area contributed by atoms with E-state index in [4.69, 9.17) is 5.11 Å². The second-order valence-electron chi connectivity index (χ2n) is 5.26. The first-order chi connectivity index (χ1) is 9.38. The van der Waals surface area contributed by atoms with Crippen molar-refractivity contribution in [3.63, 3.8) is 0 Å². The van der Waals surface area contributed by atoms with Crippen molar-refractivity contribution in [1.29, 1.82) is 0 Å². The molecule has 0 spiro atoms. The minimum atomic E-state index is -0.900. The van der Waals surface area contributed by atoms with Crippen LogP contribution in [0.15, 0.2) is 30.5 Å². The zero-order valence-corrected chi connectivity index (χ0v) is 12.6. The van der Waals surface area contributed by atoms with E-state index in [1.807, 2.05) is 25.3 Å². The second kappa shape index (κ2) is 5.73. The Hall–Kier alpha value is -1.72. The molecule has 0 saturated heterocycles. The van der Waals surface area contributed by atoms with Crippen molar-refractivity contribution in [2.45, 2.75) is 32.9 Å². The standard InChI is InChI=1S/C15H18N2O2S/c1-10-8-16-14(20-10)15(2,3)17-9-11-4-6-12(7-5-11)13(18)19/h4-8,17H,9H2,1-3H3,(H,18,19). The third kappa shape index (κ3) is 3.43. The van der Waals surface area contributed by atoms with Gasteiger partial charge in [0.2, 0.25) is 0 Å². The number of benzene rings is 1. The van der Waals surface area contributed by atoms with Crippen LogP contribution in [0, 0.1) is 6.92 Å². The highest BCUT2D eigenvalue weighted by Gasteiger charge is 2.23. The van der Waals surface area contributed by atoms with E-state index in [0.717, 1.165) is 10.6 Å². The molecule has 2 aromatic rings. The summed E-state index contributed by atoms with van der Waals surface area (Å²) in [6.45, 7) is 6.90. The topological polar surface area (TPSA) is 62.2 Å². The first-order valence-electron chi connectivity index (χ1n) is 6.38. The van der Waals surface area contributed by atoms with Gasteiger partial charge in [-0.2, -0.15) is 0 Å². The normalized spacial score (nSPS) is 11.6. The van der Waals surface area contributed by atoms with Crippen LogP contribution in [-0.4, -0.2) is 16.1 Å². The molecule has 2 N–H and O–H groups in total. The largest absolute Gasteiger partial charge is 0.478 e. The van der Waals surface area contributed by atoms with E-state index >= 15 is 0 Å². The zero-order valence-electron chi connectivity index (χ0n) is 11.8. The average Bonchev–Trinajstić information content (AvgIpc) is 2.84. The van der Waals surface area contributed by atoms with Gasteiger partial charge < -0.3 is 10.4 Å². The number of nitrogens with one attached hydrogen (secondary N) is 1. The van der Waals surface area contributed by atoms with Crippen LogP contribution in [0.25, 0.3) is 0 Å². The molecule has 0 aliphatic heterocycles. The summed E-state index contributed by atoms with van der Waals surface area (Å²) in [5.41, 5.74) is 1.16. The lowest BCUT2D eigenvalue weighted by molar-refractivity contribution is 0.0697. The van der Waals surface area contributed by atoms with Gasteiger partial charge in [0, 0.05) is 17.6 Å². The van der Waals surface area contributed by atoms with E-state index in [0.29, 0.717) is 12.1 Å². The van der Waals surface area contributed by atoms with Crippen LogP contribution >= 0.6 is 11.3 Å². The lowest BCUT2D eigenvalue weighted by Crippen LogP contribution is -2.35. The van der Waals surface area contributed by atoms with Crippen molar-refractivity contribution in [1.82, 2.24) is 10.3 Å². The van der Waals surface area contributed by atoms with E-state index in [1.54, 1.807) is 23.5 Å². The van der Waals surface area contributed by atoms with Gasteiger partial charge in [-0.05, 0) is 38.5 Å². The van der Waals surface area contributed by atoms with E-state index in [-0.39, 0.29) is 5.54 Å². The minimum Gasteiger partial charge on any atom is -0.478 e. The van der Waals surface area contributed by atoms with Crippen molar-refractivity contribution in [2.75, 3.05) is 0 Å². The Morgan fingerprint density at radius 1 is 1.35 bits per heavy atom. The number of aromatic carboxylic acids is 1. The third-order valence-corrected chi connectivity index (χ3v) is 4.33. The monoisotopic (exact) mass is 290 g/mol. The average molecular weight is 290 g/mol. The molecule has 0 aliphatic carbocycles. The molecule has 0 aliphatic rings. The van der Waals surface area contributed by atoms with Crippen LogP contribution < -0.4 is 5.32 Å². The molecule has 0 amide bonds. The fourth-order valence-electron chi connectivity index (χ4n) is 1.81. The number of rotatable bonds is 5. The van der Waals surface area contributed by atoms with Gasteiger partial charge in [-0.25, -0.2) is 9.78 Å². The molecule has 0 saturated carbocycles. The van der Waals surface area contributed by atoms with E-state index < -0.39 is 5.97 Å². The molecule has 1 aromatic carbocycles. The molecular formula is C15H18N2O2S. The minimum absolute atomic E-state index is 0.204. The summed E-state index contributed by atoms with van der Waals surface area (Å²) < 4.78 is 0. The molecule has 4 nitrogen and oxygen atoms in total. The van der Waals surface area contributed by atoms with E-state index in [1.165, 1.54) is 4.88 Å². The summed E-state index contributed by atoms with van der Waals surface area (Å²) in [5.74, 6) is -0.900. The zero-order chi connectivity index (χ0) is 14.8. The van der Waals surface area contributed by atoms with Gasteiger partial charge in [-0.1, -0.05) is 12.1 Å². The van der Waals surface area contributed by atoms with E-state index in [9.17, 15) is 4.79 Å². The summed E-state index contributed by atoms with van der Waals surface area (Å²) in [5, 5.41) is 13.4. The lowest BCUT2D eigenvalue weighted by atomic mass is 10.1. The number of nitrogens with zero attached hydrogens (tertiary/aromatic N) is 1. The van der Waals surface area contributed by atoms with Crippen LogP contribution in [0.4, 0.5) is 0 Å². The molecular weight excluding hydrogens is 272 g/mol. The number of carboxylic acid groups (broad SMARTS) is 1. The van der Waals surface area contributed by atoms with Crippen LogP contribution in [0.1, 0.15) is 39.7 Å². The van der Waals surface area contributed by atoms with Gasteiger partial charge in [-0.15, -0.1) is 11.3 Å². The summed E-state index contributed by atoms with van der Waals surface area (Å²) >= 11 is 1.68. The van der Waals surface area contributed by atoms with Crippen molar-refractivity contribution in [2.24, 2.45) is 0 Å². The summed E-state index contributed by atoms with van der Waals surface area (Å²) in [6, 6.07) is 6.92. The molecule has 0 fully saturated rings. The smallest absolute Gasteiger partial charge is 0.335 e. The Kier molecular flexibility index (Phi) is 4.20. The van der Waals surface area contributed by atoms with Gasteiger partial charge in [0.1, 0.15) is 5.01 Å². The number of carboxylic acids is 1. The maximum atomic E-state index is 10.8. The maximum absolute atomic E-state index is 10.8. The van der Waals surface area contributed by atoms with Crippen molar-refractivity contribution in [3.8, 4) is 0 Å². The molecule has 0 bridgehead atoms. The van der Waals surface area contributed by atoms with E-state index in [2.05, 4.69) is 24.1 Å². The maximum Gasteiger partial charge on any atom is 0.335 e. The van der Waals surface area contributed by atoms with Gasteiger partial charge in [0.25, 0.3) is 0 Å². The number of aromatic nitrogens is 1. The van der Waals surface area contributed by atoms with Gasteiger partial charge in [0.05, 0.1) is 11.1 Å². The van der Waals surface area contributed by atoms with Crippen LogP contribution in [0.3, 0.4) is 0 Å². The predicted molar refractivity (Wildman–Crippen MR) is 80.1 cm³/mol. The van der Waals surface area contributed by atoms with Gasteiger partial charge in [-0.3, -0.25) is 0 Å². The first kappa shape index (κ1) is 14.7. The fraction of sp³-hybridized carbons (Fsp3) is 0.333. The van der Waals surface area contributed by atoms with Crippen molar-refractivity contribution in [3.05, 3.63) is 51.5 Å². The lowest BCUT2D eigenvalue weighted by Gasteiger charge is -2.24. The highest BCUT2D eigenvalue weighted by molar-refractivity contribution is 7.11. The molecule has 1 aromatic heterocycles. The Balaban J connectivity index is 2.02. The molecule has 2 rings (SSSR count). The quantitative estimate of drug-likeness (QED) is 0.888. The van der Waals surface area contributed by atoms with Gasteiger partial charge >= 0.3 is 5.97 Å². The van der Waals surface area contributed by atoms with Crippen LogP contribution in [-0.2, 0) is 12.1 Å². The fourth-order valence-corrected chi connectivity index (χ4v) is 2.65. The predicted octanol–water partition coefficient (Wildman–Crippen LogP) is 3.17. The Bertz CT molecular complexity index is 603. The number of carbonyl (C=O) groups is 1. The summed E-state index contributed by atoms with van der Waals surface area (Å²) in [7, 11) is 0. The highest BCUT2D eigenvalue weighted by Crippen LogP contribution is 2.25. The molecule has 20 heavy (non-hydrogen) atoms. The van der Waals surface area contributed by atoms with Crippen molar-refractivity contribution >= 4 is 17.3 Å². The first-order valence-corrected chi connectivity index (χ1v) is 7.20. The number of aryl methyl sites for hydroxylation is 1. The van der Waals surface area contributed by atoms with Crippen LogP contribution in [0.5, 0.6) is 0 Å². The summed E-state index contributed by atoms with van der Waals surface area (Å²) in [4.78, 5) is 16.4. The number of hydrogen-bond donors (Lipinski definition) is 2. The van der Waals surface area contributed by atoms with Gasteiger partial charge in [0.15, 0.2) is 0 Å². The third-order valence-electron chi connectivity index (χ3n) is 3.09. The molecule has 0 radical (unpaired) electrons. The number of thiazole rings is 1. The van der Waals surface area contributed by atoms with Crippen molar-refractivity contribution < 1.29 is 9.90 Å². The Morgan fingerprint density at radius 2 is 2.00 bits per heavy atom. The molecule has 0 atom stereocenters. The molecule has 1 heterocycles. The summed E-state index contributed by atoms with van der Waals surface area (Å²) in [6.07, 6.45) is 1.88. The molecule has 106 valence electrons. The molecule has 0 unspecified atom stereocenters. The number of hydrogen-bond acceptors (Lipinski definition) is 4. The molecule has 5 heteroatoms.